The lowest BCUT2D eigenvalue weighted by Gasteiger charge is -2.05. The van der Waals surface area contributed by atoms with Crippen LogP contribution in [0.1, 0.15) is 8.35 Å². The first-order valence-electron chi connectivity index (χ1n) is 3.57. The van der Waals surface area contributed by atoms with Crippen molar-refractivity contribution in [2.45, 2.75) is 6.92 Å². The minimum absolute atomic E-state index is 0. The number of nitrogens with two attached hydrogens (primary N) is 2. The first-order valence-corrected chi connectivity index (χ1v) is 3.57. The molecule has 62 valence electrons. The molecule has 1 aliphatic rings. The predicted molar refractivity (Wildman–Crippen MR) is 48.1 cm³/mol. The van der Waals surface area contributed by atoms with E-state index in [-0.39, 0.29) is 1.43 Å². The van der Waals surface area contributed by atoms with Crippen LogP contribution in [-0.2, 0) is 0 Å². The average molecular weight is 153 g/mol. The number of hydrogen-bond donors (Lipinski definition) is 3. The van der Waals surface area contributed by atoms with Crippen LogP contribution in [0, 0.1) is 5.92 Å². The maximum absolute atomic E-state index is 5.65. The molecule has 0 saturated carbocycles. The molecule has 0 heterocycles. The lowest BCUT2D eigenvalue weighted by molar-refractivity contribution is 0.846. The first-order chi connectivity index (χ1) is 5.24. The molecule has 0 radical (unpaired) electrons. The molecule has 11 heavy (non-hydrogen) atoms. The van der Waals surface area contributed by atoms with Crippen LogP contribution in [0.4, 0.5) is 0 Å². The van der Waals surface area contributed by atoms with Crippen LogP contribution in [0.25, 0.3) is 0 Å². The highest BCUT2D eigenvalue weighted by molar-refractivity contribution is 5.33. The number of hydrazine groups is 1. The Morgan fingerprint density at radius 2 is 2.36 bits per heavy atom. The minimum atomic E-state index is 0. The summed E-state index contributed by atoms with van der Waals surface area (Å²) < 4.78 is 0. The van der Waals surface area contributed by atoms with Crippen molar-refractivity contribution in [3.8, 4) is 0 Å². The molecule has 0 aliphatic heterocycles. The van der Waals surface area contributed by atoms with Crippen molar-refractivity contribution in [1.82, 2.24) is 5.43 Å². The van der Waals surface area contributed by atoms with Gasteiger partial charge in [0.2, 0.25) is 0 Å². The molecule has 1 atom stereocenters. The van der Waals surface area contributed by atoms with Gasteiger partial charge in [-0.1, -0.05) is 25.2 Å². The second kappa shape index (κ2) is 3.25. The summed E-state index contributed by atoms with van der Waals surface area (Å²) in [4.78, 5) is 0. The van der Waals surface area contributed by atoms with Crippen molar-refractivity contribution in [1.29, 1.82) is 0 Å². The maximum atomic E-state index is 5.65. The molecule has 0 fully saturated rings. The van der Waals surface area contributed by atoms with Gasteiger partial charge in [0.05, 0.1) is 11.4 Å². The molecular weight excluding hydrogens is 138 g/mol. The largest absolute Gasteiger partial charge is 0.397 e. The molecule has 1 aliphatic carbocycles. The molecule has 0 aromatic heterocycles. The third kappa shape index (κ3) is 1.85. The number of hydrogen-bond acceptors (Lipinski definition) is 3. The van der Waals surface area contributed by atoms with Crippen molar-refractivity contribution in [2.24, 2.45) is 17.5 Å². The van der Waals surface area contributed by atoms with Crippen LogP contribution in [0.5, 0.6) is 0 Å². The molecule has 0 amide bonds. The van der Waals surface area contributed by atoms with Crippen LogP contribution in [0.15, 0.2) is 35.7 Å². The predicted octanol–water partition coefficient (Wildman–Crippen LogP) is 0.628. The molecule has 3 heteroatoms. The van der Waals surface area contributed by atoms with Crippen LogP contribution in [0.2, 0.25) is 0 Å². The Hall–Kier alpha value is -1.22. The Bertz CT molecular complexity index is 230. The van der Waals surface area contributed by atoms with E-state index in [4.69, 9.17) is 11.6 Å². The number of rotatable bonds is 1. The van der Waals surface area contributed by atoms with Gasteiger partial charge in [-0.3, -0.25) is 5.84 Å². The van der Waals surface area contributed by atoms with E-state index in [1.54, 1.807) is 0 Å². The smallest absolute Gasteiger partial charge is 0.0681 e. The Morgan fingerprint density at radius 3 is 3.00 bits per heavy atom. The van der Waals surface area contributed by atoms with Gasteiger partial charge in [0.15, 0.2) is 0 Å². The summed E-state index contributed by atoms with van der Waals surface area (Å²) in [5, 5.41) is 0. The third-order valence-electron chi connectivity index (χ3n) is 1.59. The topological polar surface area (TPSA) is 64.1 Å². The highest BCUT2D eigenvalue weighted by atomic mass is 15.2. The standard InChI is InChI=1S/C8H13N3.H2/c1-6-3-2-4-7(9)8(5-6)11-10;/h2-6,11H,9-10H2,1H3;1H. The SMILES string of the molecule is CC1C=CC=C(N)C(NN)=C1.[HH]. The van der Waals surface area contributed by atoms with Crippen molar-refractivity contribution in [3.63, 3.8) is 0 Å². The van der Waals surface area contributed by atoms with E-state index in [1.165, 1.54) is 0 Å². The van der Waals surface area contributed by atoms with Crippen molar-refractivity contribution < 1.29 is 1.43 Å². The van der Waals surface area contributed by atoms with Gasteiger partial charge in [0, 0.05) is 1.43 Å². The van der Waals surface area contributed by atoms with Crippen LogP contribution < -0.4 is 17.0 Å². The second-order valence-electron chi connectivity index (χ2n) is 2.59. The van der Waals surface area contributed by atoms with E-state index in [9.17, 15) is 0 Å². The summed E-state index contributed by atoms with van der Waals surface area (Å²) in [6, 6.07) is 0. The van der Waals surface area contributed by atoms with E-state index >= 15 is 0 Å². The zero-order valence-electron chi connectivity index (χ0n) is 6.54. The quantitative estimate of drug-likeness (QED) is 0.382. The molecular formula is C8H15N3. The third-order valence-corrected chi connectivity index (χ3v) is 1.59. The fraction of sp³-hybridized carbons (Fsp3) is 0.250. The Morgan fingerprint density at radius 1 is 1.64 bits per heavy atom. The summed E-state index contributed by atoms with van der Waals surface area (Å²) in [5.74, 6) is 5.63. The fourth-order valence-corrected chi connectivity index (χ4v) is 0.970. The van der Waals surface area contributed by atoms with Gasteiger partial charge in [-0.05, 0) is 12.0 Å². The zero-order valence-corrected chi connectivity index (χ0v) is 6.54. The number of allylic oxidation sites excluding steroid dienone is 4. The molecule has 1 rings (SSSR count). The van der Waals surface area contributed by atoms with Gasteiger partial charge in [-0.2, -0.15) is 0 Å². The van der Waals surface area contributed by atoms with Gasteiger partial charge >= 0.3 is 0 Å². The first kappa shape index (κ1) is 7.88. The highest BCUT2D eigenvalue weighted by Gasteiger charge is 2.02. The van der Waals surface area contributed by atoms with Crippen LogP contribution in [-0.4, -0.2) is 0 Å². The van der Waals surface area contributed by atoms with Crippen LogP contribution >= 0.6 is 0 Å². The van der Waals surface area contributed by atoms with Gasteiger partial charge in [-0.25, -0.2) is 0 Å². The lowest BCUT2D eigenvalue weighted by Crippen LogP contribution is -2.25. The summed E-state index contributed by atoms with van der Waals surface area (Å²) in [6.45, 7) is 2.07. The fourth-order valence-electron chi connectivity index (χ4n) is 0.970. The Balaban J connectivity index is 0.00000121. The summed E-state index contributed by atoms with van der Waals surface area (Å²) in [6.07, 6.45) is 7.79. The molecule has 0 spiro atoms. The molecule has 0 saturated heterocycles. The lowest BCUT2D eigenvalue weighted by atomic mass is 10.1. The monoisotopic (exact) mass is 153 g/mol. The molecule has 1 unspecified atom stereocenters. The minimum Gasteiger partial charge on any atom is -0.397 e. The van der Waals surface area contributed by atoms with Crippen molar-refractivity contribution in [2.75, 3.05) is 0 Å². The van der Waals surface area contributed by atoms with Gasteiger partial charge in [0.1, 0.15) is 0 Å². The van der Waals surface area contributed by atoms with Crippen LogP contribution in [0.3, 0.4) is 0 Å². The molecule has 0 bridgehead atoms. The van der Waals surface area contributed by atoms with E-state index in [2.05, 4.69) is 18.4 Å². The molecule has 0 aromatic carbocycles. The van der Waals surface area contributed by atoms with E-state index in [0.717, 1.165) is 5.70 Å². The molecule has 5 N–H and O–H groups in total. The zero-order chi connectivity index (χ0) is 8.27. The van der Waals surface area contributed by atoms with Gasteiger partial charge in [-0.15, -0.1) is 0 Å². The maximum Gasteiger partial charge on any atom is 0.0681 e. The normalized spacial score (nSPS) is 23.6. The Labute approximate surface area is 67.9 Å². The Kier molecular flexibility index (Phi) is 2.33. The summed E-state index contributed by atoms with van der Waals surface area (Å²) in [5.41, 5.74) is 9.67. The van der Waals surface area contributed by atoms with E-state index in [1.807, 2.05) is 18.2 Å². The van der Waals surface area contributed by atoms with E-state index in [0.29, 0.717) is 11.6 Å². The van der Waals surface area contributed by atoms with Gasteiger partial charge < -0.3 is 11.2 Å². The van der Waals surface area contributed by atoms with Gasteiger partial charge in [0.25, 0.3) is 0 Å². The average Bonchev–Trinajstić information content (AvgIpc) is 2.13. The molecule has 0 aromatic rings. The van der Waals surface area contributed by atoms with Crippen molar-refractivity contribution in [3.05, 3.63) is 35.7 Å². The van der Waals surface area contributed by atoms with Crippen molar-refractivity contribution >= 4 is 0 Å². The van der Waals surface area contributed by atoms with E-state index < -0.39 is 0 Å². The molecule has 3 nitrogen and oxygen atoms in total. The number of nitrogens with one attached hydrogen (secondary N) is 1. The highest BCUT2D eigenvalue weighted by Crippen LogP contribution is 2.10. The second-order valence-corrected chi connectivity index (χ2v) is 2.59. The summed E-state index contributed by atoms with van der Waals surface area (Å²) >= 11 is 0. The summed E-state index contributed by atoms with van der Waals surface area (Å²) in [7, 11) is 0.